The number of carbonyl (C=O) groups excluding carboxylic acids is 1. The summed E-state index contributed by atoms with van der Waals surface area (Å²) in [7, 11) is 0. The molecule has 0 radical (unpaired) electrons. The zero-order valence-corrected chi connectivity index (χ0v) is 11.0. The van der Waals surface area contributed by atoms with Crippen LogP contribution in [0.5, 0.6) is 0 Å². The molecule has 3 nitrogen and oxygen atoms in total. The van der Waals surface area contributed by atoms with Crippen molar-refractivity contribution in [3.05, 3.63) is 56.5 Å². The fraction of sp³-hybridized carbons (Fsp3) is 0.0714. The van der Waals surface area contributed by atoms with Gasteiger partial charge in [-0.25, -0.2) is 0 Å². The van der Waals surface area contributed by atoms with E-state index in [4.69, 9.17) is 0 Å². The Balaban J connectivity index is 2.38. The molecule has 0 atom stereocenters. The Bertz CT molecular complexity index is 729. The van der Waals surface area contributed by atoms with Crippen LogP contribution in [0, 0.1) is 0 Å². The largest absolute Gasteiger partial charge is 0.507 e. The number of halogens is 1. The standard InChI is InChI=1S/C14H10BrNO2/c15-11-3-1-2-9-8(11)4-6-12-10(14(9)18)5-7-13(17)16-12/h1-6,18H,7H2,(H,16,17). The lowest BCUT2D eigenvalue weighted by atomic mass is 10.0. The first-order chi connectivity index (χ1) is 8.66. The Kier molecular flexibility index (Phi) is 2.59. The van der Waals surface area contributed by atoms with Crippen molar-refractivity contribution < 1.29 is 9.90 Å². The van der Waals surface area contributed by atoms with Gasteiger partial charge in [-0.3, -0.25) is 4.79 Å². The van der Waals surface area contributed by atoms with Crippen LogP contribution in [0.2, 0.25) is 0 Å². The smallest absolute Gasteiger partial charge is 0.228 e. The second-order valence-electron chi connectivity index (χ2n) is 4.17. The summed E-state index contributed by atoms with van der Waals surface area (Å²) in [6.07, 6.45) is 5.75. The van der Waals surface area contributed by atoms with Crippen molar-refractivity contribution in [2.24, 2.45) is 0 Å². The molecule has 1 heterocycles. The molecule has 1 aromatic carbocycles. The summed E-state index contributed by atoms with van der Waals surface area (Å²) in [5.74, 6) is 0.141. The molecule has 0 aromatic heterocycles. The molecule has 0 saturated carbocycles. The number of aliphatic hydroxyl groups excluding tert-OH is 1. The van der Waals surface area contributed by atoms with E-state index < -0.39 is 0 Å². The molecular formula is C14H10BrNO2. The first-order valence-electron chi connectivity index (χ1n) is 5.57. The predicted molar refractivity (Wildman–Crippen MR) is 72.8 cm³/mol. The monoisotopic (exact) mass is 303 g/mol. The van der Waals surface area contributed by atoms with Crippen molar-refractivity contribution >= 4 is 33.7 Å². The van der Waals surface area contributed by atoms with Crippen LogP contribution in [-0.2, 0) is 4.79 Å². The lowest BCUT2D eigenvalue weighted by Gasteiger charge is -2.16. The maximum Gasteiger partial charge on any atom is 0.228 e. The molecule has 90 valence electrons. The van der Waals surface area contributed by atoms with Gasteiger partial charge in [0.25, 0.3) is 0 Å². The highest BCUT2D eigenvalue weighted by atomic mass is 79.9. The zero-order valence-electron chi connectivity index (χ0n) is 9.40. The maximum absolute atomic E-state index is 11.4. The van der Waals surface area contributed by atoms with Gasteiger partial charge in [0.15, 0.2) is 0 Å². The molecule has 1 aromatic rings. The molecule has 2 aliphatic rings. The number of benzene rings is 1. The molecule has 0 saturated heterocycles. The van der Waals surface area contributed by atoms with Crippen LogP contribution in [0.1, 0.15) is 6.42 Å². The van der Waals surface area contributed by atoms with Crippen LogP contribution >= 0.6 is 15.9 Å². The summed E-state index contributed by atoms with van der Waals surface area (Å²) in [6.45, 7) is 0. The zero-order chi connectivity index (χ0) is 12.7. The molecule has 0 bridgehead atoms. The van der Waals surface area contributed by atoms with E-state index in [2.05, 4.69) is 21.2 Å². The minimum Gasteiger partial charge on any atom is -0.507 e. The second-order valence-corrected chi connectivity index (χ2v) is 5.02. The van der Waals surface area contributed by atoms with E-state index in [1.165, 1.54) is 0 Å². The third kappa shape index (κ3) is 1.69. The highest BCUT2D eigenvalue weighted by Crippen LogP contribution is 2.21. The second kappa shape index (κ2) is 4.14. The van der Waals surface area contributed by atoms with E-state index in [1.807, 2.05) is 30.4 Å². The highest BCUT2D eigenvalue weighted by Gasteiger charge is 2.19. The summed E-state index contributed by atoms with van der Waals surface area (Å²) >= 11 is 3.46. The van der Waals surface area contributed by atoms with Crippen LogP contribution in [0.3, 0.4) is 0 Å². The Morgan fingerprint density at radius 3 is 2.94 bits per heavy atom. The Labute approximate surface area is 112 Å². The SMILES string of the molecule is O=C1CC=C2C(=CC=c3c(Br)cccc3=C2O)N1. The molecule has 1 amide bonds. The van der Waals surface area contributed by atoms with Crippen LogP contribution in [0.15, 0.2) is 46.1 Å². The van der Waals surface area contributed by atoms with E-state index in [1.54, 1.807) is 6.08 Å². The average Bonchev–Trinajstić information content (AvgIpc) is 2.49. The van der Waals surface area contributed by atoms with Crippen LogP contribution in [-0.4, -0.2) is 11.0 Å². The molecule has 1 aliphatic heterocycles. The van der Waals surface area contributed by atoms with E-state index in [9.17, 15) is 9.90 Å². The van der Waals surface area contributed by atoms with E-state index >= 15 is 0 Å². The van der Waals surface area contributed by atoms with Crippen molar-refractivity contribution in [1.82, 2.24) is 5.32 Å². The topological polar surface area (TPSA) is 49.3 Å². The van der Waals surface area contributed by atoms with Crippen LogP contribution in [0.4, 0.5) is 0 Å². The maximum atomic E-state index is 11.4. The van der Waals surface area contributed by atoms with Gasteiger partial charge in [0.05, 0.1) is 5.70 Å². The predicted octanol–water partition coefficient (Wildman–Crippen LogP) is 1.24. The Hall–Kier alpha value is -1.81. The van der Waals surface area contributed by atoms with Gasteiger partial charge in [0, 0.05) is 21.7 Å². The first-order valence-corrected chi connectivity index (χ1v) is 6.36. The molecular weight excluding hydrogens is 294 g/mol. The number of amides is 1. The fourth-order valence-electron chi connectivity index (χ4n) is 2.15. The van der Waals surface area contributed by atoms with E-state index in [-0.39, 0.29) is 11.7 Å². The number of fused-ring (bicyclic) bond motifs is 2. The minimum absolute atomic E-state index is 0.0591. The third-order valence-corrected chi connectivity index (χ3v) is 3.73. The van der Waals surface area contributed by atoms with E-state index in [0.29, 0.717) is 17.7 Å². The fourth-order valence-corrected chi connectivity index (χ4v) is 2.65. The minimum atomic E-state index is -0.0591. The van der Waals surface area contributed by atoms with Gasteiger partial charge in [0.2, 0.25) is 5.91 Å². The van der Waals surface area contributed by atoms with Crippen molar-refractivity contribution in [3.8, 4) is 0 Å². The number of rotatable bonds is 0. The molecule has 3 rings (SSSR count). The first kappa shape index (κ1) is 11.3. The van der Waals surface area contributed by atoms with Crippen molar-refractivity contribution in [1.29, 1.82) is 0 Å². The molecule has 0 spiro atoms. The van der Waals surface area contributed by atoms with Gasteiger partial charge in [0.1, 0.15) is 5.76 Å². The van der Waals surface area contributed by atoms with Crippen LogP contribution in [0.25, 0.3) is 11.8 Å². The molecule has 0 unspecified atom stereocenters. The Morgan fingerprint density at radius 2 is 2.11 bits per heavy atom. The summed E-state index contributed by atoms with van der Waals surface area (Å²) in [4.78, 5) is 11.4. The number of allylic oxidation sites excluding steroid dienone is 1. The summed E-state index contributed by atoms with van der Waals surface area (Å²) in [5.41, 5.74) is 1.33. The summed E-state index contributed by atoms with van der Waals surface area (Å²) < 4.78 is 0.911. The number of aliphatic hydroxyl groups is 1. The van der Waals surface area contributed by atoms with Gasteiger partial charge in [-0.05, 0) is 17.4 Å². The number of hydrogen-bond donors (Lipinski definition) is 2. The normalized spacial score (nSPS) is 17.6. The highest BCUT2D eigenvalue weighted by molar-refractivity contribution is 9.10. The van der Waals surface area contributed by atoms with Gasteiger partial charge in [-0.2, -0.15) is 0 Å². The molecule has 2 N–H and O–H groups in total. The molecule has 0 fully saturated rings. The van der Waals surface area contributed by atoms with Crippen molar-refractivity contribution in [2.45, 2.75) is 6.42 Å². The van der Waals surface area contributed by atoms with Gasteiger partial charge >= 0.3 is 0 Å². The number of nitrogens with one attached hydrogen (secondary N) is 1. The quantitative estimate of drug-likeness (QED) is 0.758. The molecule has 4 heteroatoms. The van der Waals surface area contributed by atoms with Gasteiger partial charge in [-0.1, -0.05) is 40.2 Å². The number of carbonyl (C=O) groups is 1. The van der Waals surface area contributed by atoms with Crippen LogP contribution < -0.4 is 15.8 Å². The van der Waals surface area contributed by atoms with Gasteiger partial charge < -0.3 is 10.4 Å². The van der Waals surface area contributed by atoms with Gasteiger partial charge in [-0.15, -0.1) is 0 Å². The summed E-state index contributed by atoms with van der Waals surface area (Å²) in [6, 6.07) is 5.66. The Morgan fingerprint density at radius 1 is 1.28 bits per heavy atom. The van der Waals surface area contributed by atoms with E-state index in [0.717, 1.165) is 14.9 Å². The van der Waals surface area contributed by atoms with Crippen molar-refractivity contribution in [2.75, 3.05) is 0 Å². The third-order valence-electron chi connectivity index (χ3n) is 3.04. The lowest BCUT2D eigenvalue weighted by Crippen LogP contribution is -2.30. The number of hydrogen-bond acceptors (Lipinski definition) is 2. The summed E-state index contributed by atoms with van der Waals surface area (Å²) in [5, 5.41) is 14.8. The van der Waals surface area contributed by atoms with Crippen molar-refractivity contribution in [3.63, 3.8) is 0 Å². The lowest BCUT2D eigenvalue weighted by molar-refractivity contribution is -0.119. The average molecular weight is 304 g/mol. The molecule has 1 aliphatic carbocycles. The molecule has 18 heavy (non-hydrogen) atoms.